The molecule has 0 radical (unpaired) electrons. The molecule has 134 valence electrons. The normalized spacial score (nSPS) is 28.0. The van der Waals surface area contributed by atoms with Crippen molar-refractivity contribution < 1.29 is 9.53 Å². The van der Waals surface area contributed by atoms with E-state index in [2.05, 4.69) is 34.2 Å². The van der Waals surface area contributed by atoms with E-state index in [9.17, 15) is 4.79 Å². The Morgan fingerprint density at radius 3 is 2.50 bits per heavy atom. The summed E-state index contributed by atoms with van der Waals surface area (Å²) in [4.78, 5) is 21.1. The first-order chi connectivity index (χ1) is 11.5. The highest BCUT2D eigenvalue weighted by Gasteiger charge is 2.32. The van der Waals surface area contributed by atoms with Crippen molar-refractivity contribution in [1.82, 2.24) is 14.7 Å². The number of carbonyl (C=O) groups is 1. The molecule has 1 amide bonds. The maximum atomic E-state index is 12.8. The van der Waals surface area contributed by atoms with Crippen LogP contribution in [0, 0.1) is 0 Å². The fourth-order valence-corrected chi connectivity index (χ4v) is 4.46. The largest absolute Gasteiger partial charge is 0.372 e. The predicted molar refractivity (Wildman–Crippen MR) is 97.2 cm³/mol. The van der Waals surface area contributed by atoms with E-state index < -0.39 is 0 Å². The lowest BCUT2D eigenvalue weighted by Crippen LogP contribution is -2.57. The summed E-state index contributed by atoms with van der Waals surface area (Å²) in [5, 5.41) is 2.14. The van der Waals surface area contributed by atoms with Crippen molar-refractivity contribution in [1.29, 1.82) is 0 Å². The highest BCUT2D eigenvalue weighted by molar-refractivity contribution is 7.09. The summed E-state index contributed by atoms with van der Waals surface area (Å²) >= 11 is 1.82. The van der Waals surface area contributed by atoms with Gasteiger partial charge in [0.25, 0.3) is 0 Å². The van der Waals surface area contributed by atoms with E-state index in [0.717, 1.165) is 32.7 Å². The Bertz CT molecular complexity index is 518. The summed E-state index contributed by atoms with van der Waals surface area (Å²) < 4.78 is 5.74. The van der Waals surface area contributed by atoms with Gasteiger partial charge in [-0.15, -0.1) is 11.3 Å². The second kappa shape index (κ2) is 7.95. The van der Waals surface area contributed by atoms with Gasteiger partial charge in [-0.05, 0) is 32.2 Å². The molecule has 2 fully saturated rings. The van der Waals surface area contributed by atoms with Crippen LogP contribution in [0.4, 0.5) is 0 Å². The van der Waals surface area contributed by atoms with E-state index in [1.807, 2.05) is 30.1 Å². The lowest BCUT2D eigenvalue weighted by atomic mass is 10.1. The van der Waals surface area contributed by atoms with Crippen LogP contribution in [-0.2, 0) is 16.1 Å². The van der Waals surface area contributed by atoms with Crippen molar-refractivity contribution in [2.45, 2.75) is 45.6 Å². The fraction of sp³-hybridized carbons (Fsp3) is 0.722. The molecular formula is C18H29N3O2S. The van der Waals surface area contributed by atoms with Gasteiger partial charge in [-0.2, -0.15) is 0 Å². The Labute approximate surface area is 149 Å². The third-order valence-corrected chi connectivity index (χ3v) is 5.86. The fourth-order valence-electron chi connectivity index (χ4n) is 3.71. The Morgan fingerprint density at radius 1 is 1.25 bits per heavy atom. The number of morpholine rings is 1. The topological polar surface area (TPSA) is 36.0 Å². The summed E-state index contributed by atoms with van der Waals surface area (Å²) in [6, 6.07) is 4.28. The molecule has 0 saturated carbocycles. The van der Waals surface area contributed by atoms with E-state index in [1.54, 1.807) is 0 Å². The number of hydrogen-bond donors (Lipinski definition) is 0. The number of thiophene rings is 1. The zero-order valence-corrected chi connectivity index (χ0v) is 15.8. The van der Waals surface area contributed by atoms with Gasteiger partial charge in [0.15, 0.2) is 0 Å². The SMILES string of the molecule is CC1CN(C(=O)C(C)N2CCN(Cc3cccs3)CC2)CC(C)O1. The summed E-state index contributed by atoms with van der Waals surface area (Å²) in [6.07, 6.45) is 0.264. The molecule has 2 aliphatic rings. The van der Waals surface area contributed by atoms with Crippen LogP contribution in [0.15, 0.2) is 17.5 Å². The highest BCUT2D eigenvalue weighted by Crippen LogP contribution is 2.17. The first-order valence-electron chi connectivity index (χ1n) is 8.96. The Morgan fingerprint density at radius 2 is 1.92 bits per heavy atom. The van der Waals surface area contributed by atoms with Crippen LogP contribution in [0.2, 0.25) is 0 Å². The molecule has 3 heterocycles. The van der Waals surface area contributed by atoms with Gasteiger partial charge in [0.1, 0.15) is 0 Å². The van der Waals surface area contributed by atoms with E-state index in [1.165, 1.54) is 4.88 Å². The Balaban J connectivity index is 1.49. The lowest BCUT2D eigenvalue weighted by molar-refractivity contribution is -0.148. The van der Waals surface area contributed by atoms with Crippen molar-refractivity contribution in [2.75, 3.05) is 39.3 Å². The van der Waals surface area contributed by atoms with Gasteiger partial charge in [0.05, 0.1) is 18.2 Å². The zero-order chi connectivity index (χ0) is 17.1. The van der Waals surface area contributed by atoms with Gasteiger partial charge in [-0.1, -0.05) is 6.07 Å². The molecule has 6 heteroatoms. The van der Waals surface area contributed by atoms with Crippen molar-refractivity contribution in [3.8, 4) is 0 Å². The molecule has 2 aliphatic heterocycles. The molecule has 3 unspecified atom stereocenters. The van der Waals surface area contributed by atoms with Gasteiger partial charge in [-0.3, -0.25) is 14.6 Å². The maximum Gasteiger partial charge on any atom is 0.239 e. The van der Waals surface area contributed by atoms with Crippen LogP contribution in [0.1, 0.15) is 25.6 Å². The smallest absolute Gasteiger partial charge is 0.239 e. The van der Waals surface area contributed by atoms with Crippen LogP contribution in [0.3, 0.4) is 0 Å². The van der Waals surface area contributed by atoms with E-state index in [-0.39, 0.29) is 24.2 Å². The third-order valence-electron chi connectivity index (χ3n) is 5.00. The minimum absolute atomic E-state index is 0.0358. The second-order valence-corrected chi connectivity index (χ2v) is 8.10. The molecule has 1 aromatic rings. The molecule has 1 aromatic heterocycles. The molecule has 0 spiro atoms. The average Bonchev–Trinajstić information content (AvgIpc) is 3.06. The molecule has 24 heavy (non-hydrogen) atoms. The van der Waals surface area contributed by atoms with Crippen LogP contribution in [0.5, 0.6) is 0 Å². The van der Waals surface area contributed by atoms with Crippen LogP contribution in [0.25, 0.3) is 0 Å². The van der Waals surface area contributed by atoms with E-state index in [4.69, 9.17) is 4.74 Å². The minimum atomic E-state index is -0.0358. The number of nitrogens with zero attached hydrogens (tertiary/aromatic N) is 3. The number of carbonyl (C=O) groups excluding carboxylic acids is 1. The van der Waals surface area contributed by atoms with Crippen LogP contribution in [-0.4, -0.2) is 78.1 Å². The summed E-state index contributed by atoms with van der Waals surface area (Å²) in [7, 11) is 0. The van der Waals surface area contributed by atoms with Gasteiger partial charge >= 0.3 is 0 Å². The number of ether oxygens (including phenoxy) is 1. The molecule has 0 aromatic carbocycles. The Hall–Kier alpha value is -0.950. The lowest BCUT2D eigenvalue weighted by Gasteiger charge is -2.41. The molecule has 3 rings (SSSR count). The highest BCUT2D eigenvalue weighted by atomic mass is 32.1. The standard InChI is InChI=1S/C18H29N3O2S/c1-14-11-21(12-15(2)23-14)18(22)16(3)20-8-6-19(7-9-20)13-17-5-4-10-24-17/h4-5,10,14-16H,6-9,11-13H2,1-3H3. The summed E-state index contributed by atoms with van der Waals surface area (Å²) in [5.41, 5.74) is 0. The van der Waals surface area contributed by atoms with Crippen molar-refractivity contribution in [2.24, 2.45) is 0 Å². The van der Waals surface area contributed by atoms with Crippen molar-refractivity contribution in [3.05, 3.63) is 22.4 Å². The number of hydrogen-bond acceptors (Lipinski definition) is 5. The van der Waals surface area contributed by atoms with Gasteiger partial charge in [0.2, 0.25) is 5.91 Å². The Kier molecular flexibility index (Phi) is 5.92. The molecule has 0 bridgehead atoms. The van der Waals surface area contributed by atoms with Crippen molar-refractivity contribution >= 4 is 17.2 Å². The number of rotatable bonds is 4. The van der Waals surface area contributed by atoms with E-state index in [0.29, 0.717) is 13.1 Å². The van der Waals surface area contributed by atoms with E-state index >= 15 is 0 Å². The second-order valence-electron chi connectivity index (χ2n) is 7.07. The van der Waals surface area contributed by atoms with Crippen LogP contribution < -0.4 is 0 Å². The first-order valence-corrected chi connectivity index (χ1v) is 9.84. The molecule has 2 saturated heterocycles. The zero-order valence-electron chi connectivity index (χ0n) is 15.0. The first kappa shape index (κ1) is 17.9. The quantitative estimate of drug-likeness (QED) is 0.830. The molecule has 5 nitrogen and oxygen atoms in total. The number of amides is 1. The third kappa shape index (κ3) is 4.36. The van der Waals surface area contributed by atoms with Gasteiger partial charge in [0, 0.05) is 50.7 Å². The predicted octanol–water partition coefficient (Wildman–Crippen LogP) is 1.89. The summed E-state index contributed by atoms with van der Waals surface area (Å²) in [6.45, 7) is 12.6. The summed E-state index contributed by atoms with van der Waals surface area (Å²) in [5.74, 6) is 0.253. The number of piperazine rings is 1. The monoisotopic (exact) mass is 351 g/mol. The molecule has 3 atom stereocenters. The van der Waals surface area contributed by atoms with Crippen molar-refractivity contribution in [3.63, 3.8) is 0 Å². The maximum absolute atomic E-state index is 12.8. The van der Waals surface area contributed by atoms with Gasteiger partial charge < -0.3 is 9.64 Å². The molecular weight excluding hydrogens is 322 g/mol. The van der Waals surface area contributed by atoms with Crippen LogP contribution >= 0.6 is 11.3 Å². The molecule has 0 aliphatic carbocycles. The minimum Gasteiger partial charge on any atom is -0.372 e. The average molecular weight is 352 g/mol. The van der Waals surface area contributed by atoms with Gasteiger partial charge in [-0.25, -0.2) is 0 Å². The molecule has 0 N–H and O–H groups in total.